The zero-order valence-corrected chi connectivity index (χ0v) is 10.1. The minimum absolute atomic E-state index is 0.182. The van der Waals surface area contributed by atoms with E-state index in [0.29, 0.717) is 12.6 Å². The van der Waals surface area contributed by atoms with Gasteiger partial charge in [0.2, 0.25) is 10.0 Å². The molecule has 0 spiro atoms. The Morgan fingerprint density at radius 1 is 1.47 bits per heavy atom. The normalized spacial score (nSPS) is 35.7. The van der Waals surface area contributed by atoms with Crippen LogP contribution in [0.4, 0.5) is 0 Å². The molecule has 15 heavy (non-hydrogen) atoms. The van der Waals surface area contributed by atoms with Crippen LogP contribution in [-0.2, 0) is 10.0 Å². The molecule has 5 heteroatoms. The molecule has 4 nitrogen and oxygen atoms in total. The lowest BCUT2D eigenvalue weighted by Gasteiger charge is -2.28. The van der Waals surface area contributed by atoms with Crippen molar-refractivity contribution in [2.45, 2.75) is 38.6 Å². The Labute approximate surface area is 91.9 Å². The summed E-state index contributed by atoms with van der Waals surface area (Å²) in [4.78, 5) is 0. The van der Waals surface area contributed by atoms with Gasteiger partial charge in [0.15, 0.2) is 0 Å². The van der Waals surface area contributed by atoms with Gasteiger partial charge in [-0.1, -0.05) is 6.42 Å². The summed E-state index contributed by atoms with van der Waals surface area (Å²) in [6, 6.07) is 0.539. The van der Waals surface area contributed by atoms with Gasteiger partial charge in [-0.3, -0.25) is 0 Å². The lowest BCUT2D eigenvalue weighted by Crippen LogP contribution is -2.42. The average Bonchev–Trinajstić information content (AvgIpc) is 2.73. The van der Waals surface area contributed by atoms with Crippen LogP contribution in [0.2, 0.25) is 0 Å². The van der Waals surface area contributed by atoms with E-state index >= 15 is 0 Å². The Morgan fingerprint density at radius 3 is 3.00 bits per heavy atom. The summed E-state index contributed by atoms with van der Waals surface area (Å²) in [6.45, 7) is 3.35. The van der Waals surface area contributed by atoms with Crippen LogP contribution in [0.15, 0.2) is 0 Å². The summed E-state index contributed by atoms with van der Waals surface area (Å²) >= 11 is 0. The molecule has 0 radical (unpaired) electrons. The first-order valence-electron chi connectivity index (χ1n) is 5.79. The Morgan fingerprint density at radius 2 is 2.27 bits per heavy atom. The van der Waals surface area contributed by atoms with Crippen LogP contribution in [0.1, 0.15) is 32.6 Å². The highest BCUT2D eigenvalue weighted by molar-refractivity contribution is 7.89. The lowest BCUT2D eigenvalue weighted by atomic mass is 9.83. The van der Waals surface area contributed by atoms with Crippen molar-refractivity contribution in [3.8, 4) is 0 Å². The zero-order valence-electron chi connectivity index (χ0n) is 9.25. The van der Waals surface area contributed by atoms with Crippen LogP contribution in [0.3, 0.4) is 0 Å². The maximum absolute atomic E-state index is 11.4. The largest absolute Gasteiger partial charge is 0.313 e. The Hall–Kier alpha value is -0.130. The number of sulfonamides is 1. The molecule has 0 unspecified atom stereocenters. The van der Waals surface area contributed by atoms with Gasteiger partial charge in [0.05, 0.1) is 5.75 Å². The van der Waals surface area contributed by atoms with E-state index < -0.39 is 10.0 Å². The second-order valence-corrected chi connectivity index (χ2v) is 6.83. The second kappa shape index (κ2) is 4.03. The van der Waals surface area contributed by atoms with Crippen molar-refractivity contribution in [3.63, 3.8) is 0 Å². The second-order valence-electron chi connectivity index (χ2n) is 4.74. The molecule has 1 saturated heterocycles. The van der Waals surface area contributed by atoms with Gasteiger partial charge in [-0.15, -0.1) is 0 Å². The third-order valence-corrected chi connectivity index (χ3v) is 5.29. The molecule has 0 bridgehead atoms. The van der Waals surface area contributed by atoms with E-state index in [1.807, 2.05) is 0 Å². The van der Waals surface area contributed by atoms with Crippen LogP contribution in [0.5, 0.6) is 0 Å². The number of fused-ring (bicyclic) bond motifs is 1. The van der Waals surface area contributed by atoms with Crippen LogP contribution in [0, 0.1) is 5.41 Å². The molecule has 2 fully saturated rings. The monoisotopic (exact) mass is 232 g/mol. The molecule has 2 rings (SSSR count). The molecule has 2 atom stereocenters. The molecule has 0 aromatic rings. The fourth-order valence-electron chi connectivity index (χ4n) is 2.91. The number of hydrogen-bond donors (Lipinski definition) is 2. The highest BCUT2D eigenvalue weighted by atomic mass is 32.2. The smallest absolute Gasteiger partial charge is 0.211 e. The van der Waals surface area contributed by atoms with Crippen LogP contribution >= 0.6 is 0 Å². The molecule has 88 valence electrons. The minimum atomic E-state index is -3.03. The molecule has 1 saturated carbocycles. The quantitative estimate of drug-likeness (QED) is 0.740. The third kappa shape index (κ3) is 2.19. The molecule has 1 aliphatic heterocycles. The van der Waals surface area contributed by atoms with Crippen molar-refractivity contribution in [1.29, 1.82) is 0 Å². The summed E-state index contributed by atoms with van der Waals surface area (Å²) in [5.74, 6) is 0.182. The Bertz CT molecular complexity index is 316. The predicted octanol–water partition coefficient (Wildman–Crippen LogP) is 0.458. The van der Waals surface area contributed by atoms with Crippen molar-refractivity contribution >= 4 is 10.0 Å². The van der Waals surface area contributed by atoms with Gasteiger partial charge >= 0.3 is 0 Å². The van der Waals surface area contributed by atoms with Crippen molar-refractivity contribution < 1.29 is 8.42 Å². The number of nitrogens with one attached hydrogen (secondary N) is 2. The molecule has 1 heterocycles. The Kier molecular flexibility index (Phi) is 3.05. The van der Waals surface area contributed by atoms with Gasteiger partial charge in [-0.2, -0.15) is 0 Å². The van der Waals surface area contributed by atoms with Gasteiger partial charge in [0.25, 0.3) is 0 Å². The molecule has 1 aliphatic carbocycles. The molecule has 2 aliphatic rings. The molecular weight excluding hydrogens is 212 g/mol. The van der Waals surface area contributed by atoms with Crippen LogP contribution in [0.25, 0.3) is 0 Å². The van der Waals surface area contributed by atoms with E-state index in [1.165, 1.54) is 12.8 Å². The molecular formula is C10H20N2O2S. The van der Waals surface area contributed by atoms with E-state index in [2.05, 4.69) is 10.0 Å². The molecule has 0 amide bonds. The molecule has 0 aromatic carbocycles. The van der Waals surface area contributed by atoms with Gasteiger partial charge < -0.3 is 5.32 Å². The standard InChI is InChI=1S/C10H20N2O2S/c1-2-15(13,14)12-8-10-5-3-4-9(10)11-7-6-10/h9,11-12H,2-8H2,1H3/t9-,10-/m1/s1. The van der Waals surface area contributed by atoms with E-state index in [0.717, 1.165) is 19.4 Å². The highest BCUT2D eigenvalue weighted by Crippen LogP contribution is 2.43. The summed E-state index contributed by atoms with van der Waals surface area (Å²) in [6.07, 6.45) is 4.71. The molecule has 2 N–H and O–H groups in total. The summed E-state index contributed by atoms with van der Waals surface area (Å²) in [5, 5.41) is 3.48. The van der Waals surface area contributed by atoms with E-state index in [4.69, 9.17) is 0 Å². The topological polar surface area (TPSA) is 58.2 Å². The van der Waals surface area contributed by atoms with E-state index in [-0.39, 0.29) is 11.2 Å². The Balaban J connectivity index is 1.99. The van der Waals surface area contributed by atoms with E-state index in [9.17, 15) is 8.42 Å². The van der Waals surface area contributed by atoms with Crippen molar-refractivity contribution in [2.75, 3.05) is 18.8 Å². The first-order chi connectivity index (χ1) is 7.08. The van der Waals surface area contributed by atoms with Crippen LogP contribution in [-0.4, -0.2) is 33.3 Å². The van der Waals surface area contributed by atoms with E-state index in [1.54, 1.807) is 6.92 Å². The van der Waals surface area contributed by atoms with Gasteiger partial charge in [0, 0.05) is 18.0 Å². The third-order valence-electron chi connectivity index (χ3n) is 3.94. The van der Waals surface area contributed by atoms with Crippen molar-refractivity contribution in [3.05, 3.63) is 0 Å². The highest BCUT2D eigenvalue weighted by Gasteiger charge is 2.46. The fourth-order valence-corrected chi connectivity index (χ4v) is 3.62. The predicted molar refractivity (Wildman–Crippen MR) is 60.2 cm³/mol. The van der Waals surface area contributed by atoms with Gasteiger partial charge in [0.1, 0.15) is 0 Å². The average molecular weight is 232 g/mol. The van der Waals surface area contributed by atoms with Gasteiger partial charge in [-0.05, 0) is 32.7 Å². The maximum Gasteiger partial charge on any atom is 0.211 e. The first-order valence-corrected chi connectivity index (χ1v) is 7.44. The first kappa shape index (κ1) is 11.4. The number of hydrogen-bond acceptors (Lipinski definition) is 3. The zero-order chi connectivity index (χ0) is 10.9. The SMILES string of the molecule is CCS(=O)(=O)NC[C@]12CCC[C@H]1NCC2. The minimum Gasteiger partial charge on any atom is -0.313 e. The molecule has 0 aromatic heterocycles. The van der Waals surface area contributed by atoms with Crippen molar-refractivity contribution in [2.24, 2.45) is 5.41 Å². The maximum atomic E-state index is 11.4. The number of rotatable bonds is 4. The van der Waals surface area contributed by atoms with Crippen molar-refractivity contribution in [1.82, 2.24) is 10.0 Å². The summed E-state index contributed by atoms with van der Waals surface area (Å²) < 4.78 is 25.6. The lowest BCUT2D eigenvalue weighted by molar-refractivity contribution is 0.287. The summed E-state index contributed by atoms with van der Waals surface area (Å²) in [7, 11) is -3.03. The fraction of sp³-hybridized carbons (Fsp3) is 1.00. The van der Waals surface area contributed by atoms with Gasteiger partial charge in [-0.25, -0.2) is 13.1 Å². The van der Waals surface area contributed by atoms with Crippen LogP contribution < -0.4 is 10.0 Å². The summed E-state index contributed by atoms with van der Waals surface area (Å²) in [5.41, 5.74) is 0.211.